The van der Waals surface area contributed by atoms with Crippen LogP contribution in [0.2, 0.25) is 0 Å². The van der Waals surface area contributed by atoms with Crippen molar-refractivity contribution in [2.75, 3.05) is 17.2 Å². The maximum absolute atomic E-state index is 12.6. The number of benzene rings is 1. The van der Waals surface area contributed by atoms with Crippen LogP contribution in [0.3, 0.4) is 0 Å². The highest BCUT2D eigenvalue weighted by Gasteiger charge is 2.32. The summed E-state index contributed by atoms with van der Waals surface area (Å²) in [5, 5.41) is 11.2. The lowest BCUT2D eigenvalue weighted by Gasteiger charge is -2.26. The predicted molar refractivity (Wildman–Crippen MR) is 80.6 cm³/mol. The number of nitrogens with zero attached hydrogens (tertiary/aromatic N) is 1. The molecule has 112 valence electrons. The van der Waals surface area contributed by atoms with E-state index in [9.17, 15) is 14.4 Å². The first-order valence-corrected chi connectivity index (χ1v) is 7.49. The van der Waals surface area contributed by atoms with Gasteiger partial charge in [0, 0.05) is 18.0 Å². The van der Waals surface area contributed by atoms with E-state index in [1.165, 1.54) is 4.90 Å². The molecule has 0 saturated carbocycles. The molecular weight excluding hydrogens is 292 g/mol. The van der Waals surface area contributed by atoms with Crippen molar-refractivity contribution in [3.05, 3.63) is 29.8 Å². The monoisotopic (exact) mass is 308 g/mol. The molecule has 2 amide bonds. The quantitative estimate of drug-likeness (QED) is 0.863. The van der Waals surface area contributed by atoms with Gasteiger partial charge in [0.1, 0.15) is 6.04 Å². The van der Waals surface area contributed by atoms with Gasteiger partial charge in [-0.3, -0.25) is 14.4 Å². The molecule has 0 aliphatic carbocycles. The number of anilines is 1. The van der Waals surface area contributed by atoms with Gasteiger partial charge in [-0.05, 0) is 18.6 Å². The summed E-state index contributed by atoms with van der Waals surface area (Å²) in [4.78, 5) is 36.0. The average molecular weight is 308 g/mol. The van der Waals surface area contributed by atoms with Crippen molar-refractivity contribution in [2.24, 2.45) is 0 Å². The Balaban J connectivity index is 2.23. The number of carbonyl (C=O) groups is 3. The van der Waals surface area contributed by atoms with E-state index in [0.29, 0.717) is 11.4 Å². The van der Waals surface area contributed by atoms with Gasteiger partial charge in [-0.1, -0.05) is 30.0 Å². The van der Waals surface area contributed by atoms with Gasteiger partial charge in [-0.25, -0.2) is 0 Å². The third-order valence-electron chi connectivity index (χ3n) is 3.19. The predicted octanol–water partition coefficient (Wildman–Crippen LogP) is 1.63. The van der Waals surface area contributed by atoms with Crippen LogP contribution < -0.4 is 10.2 Å². The van der Waals surface area contributed by atoms with Gasteiger partial charge in [0.25, 0.3) is 5.24 Å². The highest BCUT2D eigenvalue weighted by Crippen LogP contribution is 2.23. The number of aliphatic carboxylic acids is 1. The van der Waals surface area contributed by atoms with Crippen LogP contribution in [0.15, 0.2) is 24.3 Å². The van der Waals surface area contributed by atoms with E-state index in [0.717, 1.165) is 17.3 Å². The molecule has 2 N–H and O–H groups in total. The number of aryl methyl sites for hydroxylation is 1. The normalized spacial score (nSPS) is 17.4. The number of carboxylic acids is 1. The maximum Gasteiger partial charge on any atom is 0.305 e. The second kappa shape index (κ2) is 6.62. The lowest BCUT2D eigenvalue weighted by molar-refractivity contribution is -0.136. The number of nitrogens with one attached hydrogen (secondary N) is 1. The molecule has 2 rings (SSSR count). The minimum absolute atomic E-state index is 0.0794. The van der Waals surface area contributed by atoms with Crippen LogP contribution in [-0.4, -0.2) is 40.6 Å². The zero-order chi connectivity index (χ0) is 15.4. The summed E-state index contributed by atoms with van der Waals surface area (Å²) in [6, 6.07) is 6.69. The molecule has 1 fully saturated rings. The largest absolute Gasteiger partial charge is 0.481 e. The Bertz CT molecular complexity index is 576. The average Bonchev–Trinajstić information content (AvgIpc) is 2.87. The van der Waals surface area contributed by atoms with Gasteiger partial charge in [0.05, 0.1) is 6.42 Å². The van der Waals surface area contributed by atoms with E-state index in [4.69, 9.17) is 5.11 Å². The summed E-state index contributed by atoms with van der Waals surface area (Å²) in [5.74, 6) is -0.872. The molecule has 0 aromatic heterocycles. The van der Waals surface area contributed by atoms with E-state index in [-0.39, 0.29) is 24.1 Å². The van der Waals surface area contributed by atoms with E-state index in [1.54, 1.807) is 12.1 Å². The second-order valence-corrected chi connectivity index (χ2v) is 5.71. The van der Waals surface area contributed by atoms with Crippen molar-refractivity contribution >= 4 is 34.6 Å². The number of thioether (sulfide) groups is 1. The van der Waals surface area contributed by atoms with Crippen LogP contribution in [0, 0.1) is 6.92 Å². The molecule has 1 atom stereocenters. The third kappa shape index (κ3) is 3.75. The molecule has 1 saturated heterocycles. The molecule has 1 aromatic carbocycles. The van der Waals surface area contributed by atoms with Crippen molar-refractivity contribution < 1.29 is 19.5 Å². The molecule has 0 radical (unpaired) electrons. The zero-order valence-electron chi connectivity index (χ0n) is 11.5. The van der Waals surface area contributed by atoms with E-state index in [1.807, 2.05) is 19.1 Å². The first-order chi connectivity index (χ1) is 9.99. The Morgan fingerprint density at radius 2 is 2.14 bits per heavy atom. The van der Waals surface area contributed by atoms with E-state index in [2.05, 4.69) is 5.32 Å². The summed E-state index contributed by atoms with van der Waals surface area (Å²) in [6.07, 6.45) is -0.145. The molecule has 7 heteroatoms. The van der Waals surface area contributed by atoms with Crippen LogP contribution in [0.25, 0.3) is 0 Å². The maximum atomic E-state index is 12.6. The molecule has 6 nitrogen and oxygen atoms in total. The Kier molecular flexibility index (Phi) is 4.85. The van der Waals surface area contributed by atoms with Gasteiger partial charge in [-0.15, -0.1) is 0 Å². The van der Waals surface area contributed by atoms with Crippen LogP contribution >= 0.6 is 11.8 Å². The second-order valence-electron chi connectivity index (χ2n) is 4.72. The van der Waals surface area contributed by atoms with Crippen LogP contribution in [0.4, 0.5) is 10.5 Å². The Labute approximate surface area is 126 Å². The Hall–Kier alpha value is -2.02. The van der Waals surface area contributed by atoms with Crippen LogP contribution in [0.1, 0.15) is 12.0 Å². The van der Waals surface area contributed by atoms with Gasteiger partial charge in [0.15, 0.2) is 0 Å². The number of para-hydroxylation sites is 1. The number of carboxylic acid groups (broad SMARTS) is 1. The molecule has 0 spiro atoms. The number of amides is 2. The fourth-order valence-corrected chi connectivity index (χ4v) is 2.90. The molecule has 1 aliphatic heterocycles. The molecule has 1 heterocycles. The van der Waals surface area contributed by atoms with Crippen LogP contribution in [0.5, 0.6) is 0 Å². The smallest absolute Gasteiger partial charge is 0.305 e. The Morgan fingerprint density at radius 1 is 1.43 bits per heavy atom. The minimum Gasteiger partial charge on any atom is -0.481 e. The first kappa shape index (κ1) is 15.4. The lowest BCUT2D eigenvalue weighted by Crippen LogP contribution is -2.46. The van der Waals surface area contributed by atoms with Crippen LogP contribution in [-0.2, 0) is 9.59 Å². The molecule has 0 bridgehead atoms. The molecule has 1 aromatic rings. The van der Waals surface area contributed by atoms with E-state index < -0.39 is 12.0 Å². The van der Waals surface area contributed by atoms with Crippen molar-refractivity contribution in [3.63, 3.8) is 0 Å². The lowest BCUT2D eigenvalue weighted by atomic mass is 10.1. The van der Waals surface area contributed by atoms with E-state index >= 15 is 0 Å². The number of hydrogen-bond acceptors (Lipinski definition) is 4. The number of hydrogen-bond donors (Lipinski definition) is 2. The van der Waals surface area contributed by atoms with Crippen molar-refractivity contribution in [1.82, 2.24) is 5.32 Å². The van der Waals surface area contributed by atoms with Crippen molar-refractivity contribution in [1.29, 1.82) is 0 Å². The topological polar surface area (TPSA) is 86.7 Å². The molecule has 1 unspecified atom stereocenters. The number of carbonyl (C=O) groups excluding carboxylic acids is 2. The molecule has 1 aliphatic rings. The summed E-state index contributed by atoms with van der Waals surface area (Å²) < 4.78 is 0. The molecule has 21 heavy (non-hydrogen) atoms. The van der Waals surface area contributed by atoms with Gasteiger partial charge in [-0.2, -0.15) is 0 Å². The van der Waals surface area contributed by atoms with Gasteiger partial charge >= 0.3 is 5.97 Å². The summed E-state index contributed by atoms with van der Waals surface area (Å²) in [6.45, 7) is 1.94. The fourth-order valence-electron chi connectivity index (χ4n) is 2.13. The standard InChI is InChI=1S/C14H16N2O4S/c1-9-4-2-3-5-11(9)16(7-6-12(17)18)13(19)10-8-21-14(20)15-10/h2-5,10H,6-8H2,1H3,(H,15,20)(H,17,18). The highest BCUT2D eigenvalue weighted by atomic mass is 32.2. The van der Waals surface area contributed by atoms with Gasteiger partial charge in [0.2, 0.25) is 5.91 Å². The number of rotatable bonds is 5. The summed E-state index contributed by atoms with van der Waals surface area (Å²) in [5.41, 5.74) is 1.56. The van der Waals surface area contributed by atoms with Crippen molar-refractivity contribution in [3.8, 4) is 0 Å². The fraction of sp³-hybridized carbons (Fsp3) is 0.357. The minimum atomic E-state index is -0.966. The summed E-state index contributed by atoms with van der Waals surface area (Å²) >= 11 is 1.06. The SMILES string of the molecule is Cc1ccccc1N(CCC(=O)O)C(=O)C1CSC(=O)N1. The first-order valence-electron chi connectivity index (χ1n) is 6.51. The van der Waals surface area contributed by atoms with Gasteiger partial charge < -0.3 is 15.3 Å². The third-order valence-corrected chi connectivity index (χ3v) is 4.07. The molecular formula is C14H16N2O4S. The highest BCUT2D eigenvalue weighted by molar-refractivity contribution is 8.14. The zero-order valence-corrected chi connectivity index (χ0v) is 12.4. The summed E-state index contributed by atoms with van der Waals surface area (Å²) in [7, 11) is 0. The Morgan fingerprint density at radius 3 is 2.71 bits per heavy atom. The van der Waals surface area contributed by atoms with Crippen molar-refractivity contribution in [2.45, 2.75) is 19.4 Å².